The van der Waals surface area contributed by atoms with Gasteiger partial charge in [0.15, 0.2) is 5.82 Å². The molecule has 4 aromatic rings. The van der Waals surface area contributed by atoms with Crippen molar-refractivity contribution in [3.63, 3.8) is 0 Å². The van der Waals surface area contributed by atoms with E-state index in [0.717, 1.165) is 29.9 Å². The molecular formula is C32H31F3N6O6. The summed E-state index contributed by atoms with van der Waals surface area (Å²) in [6, 6.07) is 23.2. The fourth-order valence-electron chi connectivity index (χ4n) is 4.73. The maximum atomic E-state index is 13.3. The summed E-state index contributed by atoms with van der Waals surface area (Å²) in [6.07, 6.45) is -1.65. The minimum absolute atomic E-state index is 0.00457. The molecule has 3 heterocycles. The van der Waals surface area contributed by atoms with Crippen LogP contribution in [0.25, 0.3) is 5.82 Å². The highest BCUT2D eigenvalue weighted by atomic mass is 19.4. The number of hydrogen-bond acceptors (Lipinski definition) is 8. The highest BCUT2D eigenvalue weighted by Crippen LogP contribution is 2.23. The number of morpholine rings is 1. The predicted octanol–water partition coefficient (Wildman–Crippen LogP) is 2.87. The van der Waals surface area contributed by atoms with Crippen LogP contribution in [0.3, 0.4) is 0 Å². The van der Waals surface area contributed by atoms with E-state index in [1.807, 2.05) is 54.6 Å². The number of nitrogens with one attached hydrogen (secondary N) is 1. The molecule has 246 valence electrons. The van der Waals surface area contributed by atoms with E-state index in [4.69, 9.17) is 20.4 Å². The predicted molar refractivity (Wildman–Crippen MR) is 161 cm³/mol. The van der Waals surface area contributed by atoms with Gasteiger partial charge in [-0.2, -0.15) is 18.3 Å². The standard InChI is InChI=1S/C30H30N6O4.C2HF3O2/c31-28(38)27(37)25(18-21-8-3-1-4-9-21)33-30(39)24-12-7-14-32-29(24)36-15-13-23(34-36)19-35-16-17-40-26(20-35)22-10-5-2-6-11-22;3-2(4,5)1(6)7/h1-15,25-26H,16-20H2,(H2,31,38)(H,33,39);(H,6,7). The number of amides is 2. The third-order valence-corrected chi connectivity index (χ3v) is 6.99. The number of ketones is 1. The first-order valence-corrected chi connectivity index (χ1v) is 14.3. The maximum Gasteiger partial charge on any atom is 0.490 e. The number of rotatable bonds is 10. The lowest BCUT2D eigenvalue weighted by molar-refractivity contribution is -0.192. The van der Waals surface area contributed by atoms with Crippen molar-refractivity contribution < 1.29 is 42.2 Å². The Labute approximate surface area is 267 Å². The Kier molecular flexibility index (Phi) is 11.5. The molecule has 0 spiro atoms. The van der Waals surface area contributed by atoms with Crippen LogP contribution in [-0.2, 0) is 32.1 Å². The topological polar surface area (TPSA) is 170 Å². The molecule has 2 aromatic carbocycles. The van der Waals surface area contributed by atoms with Gasteiger partial charge in [-0.05, 0) is 29.3 Å². The van der Waals surface area contributed by atoms with Crippen LogP contribution in [0.15, 0.2) is 91.3 Å². The summed E-state index contributed by atoms with van der Waals surface area (Å²) in [7, 11) is 0. The van der Waals surface area contributed by atoms with Gasteiger partial charge < -0.3 is 20.9 Å². The first-order valence-electron chi connectivity index (χ1n) is 14.3. The van der Waals surface area contributed by atoms with Gasteiger partial charge in [0.1, 0.15) is 6.04 Å². The zero-order chi connectivity index (χ0) is 34.0. The lowest BCUT2D eigenvalue weighted by atomic mass is 10.0. The molecule has 4 N–H and O–H groups in total. The number of hydrogen-bond donors (Lipinski definition) is 3. The Balaban J connectivity index is 0.000000644. The van der Waals surface area contributed by atoms with E-state index < -0.39 is 35.8 Å². The lowest BCUT2D eigenvalue weighted by Gasteiger charge is -2.32. The number of ether oxygens (including phenoxy) is 1. The number of benzene rings is 2. The third kappa shape index (κ3) is 9.79. The molecule has 2 unspecified atom stereocenters. The van der Waals surface area contributed by atoms with Gasteiger partial charge in [0.25, 0.3) is 11.8 Å². The van der Waals surface area contributed by atoms with Gasteiger partial charge in [-0.3, -0.25) is 19.3 Å². The van der Waals surface area contributed by atoms with Crippen molar-refractivity contribution in [2.75, 3.05) is 19.7 Å². The van der Waals surface area contributed by atoms with Gasteiger partial charge in [0.2, 0.25) is 5.78 Å². The first kappa shape index (κ1) is 34.5. The van der Waals surface area contributed by atoms with Gasteiger partial charge in [-0.1, -0.05) is 60.7 Å². The van der Waals surface area contributed by atoms with Crippen molar-refractivity contribution in [3.05, 3.63) is 114 Å². The van der Waals surface area contributed by atoms with Gasteiger partial charge in [0.05, 0.1) is 24.0 Å². The first-order chi connectivity index (χ1) is 22.4. The summed E-state index contributed by atoms with van der Waals surface area (Å²) in [5.41, 5.74) is 8.22. The number of carbonyl (C=O) groups excluding carboxylic acids is 3. The summed E-state index contributed by atoms with van der Waals surface area (Å²) >= 11 is 0. The molecule has 2 amide bonds. The molecular weight excluding hydrogens is 621 g/mol. The molecule has 0 radical (unpaired) electrons. The molecule has 1 aliphatic rings. The minimum Gasteiger partial charge on any atom is -0.475 e. The van der Waals surface area contributed by atoms with E-state index in [9.17, 15) is 27.6 Å². The fraction of sp³-hybridized carbons (Fsp3) is 0.250. The average molecular weight is 653 g/mol. The molecule has 1 saturated heterocycles. The van der Waals surface area contributed by atoms with Crippen molar-refractivity contribution in [1.82, 2.24) is 25.0 Å². The van der Waals surface area contributed by atoms with Crippen LogP contribution < -0.4 is 11.1 Å². The molecule has 1 aliphatic heterocycles. The summed E-state index contributed by atoms with van der Waals surface area (Å²) in [5, 5.41) is 14.5. The minimum atomic E-state index is -5.08. The zero-order valence-corrected chi connectivity index (χ0v) is 24.8. The number of aliphatic carboxylic acids is 1. The quantitative estimate of drug-likeness (QED) is 0.218. The van der Waals surface area contributed by atoms with Crippen molar-refractivity contribution in [2.24, 2.45) is 5.73 Å². The number of pyridine rings is 1. The molecule has 0 bridgehead atoms. The number of primary amides is 1. The summed E-state index contributed by atoms with van der Waals surface area (Å²) in [4.78, 5) is 53.1. The zero-order valence-electron chi connectivity index (χ0n) is 24.8. The number of aromatic nitrogens is 3. The van der Waals surface area contributed by atoms with Gasteiger partial charge in [0, 0.05) is 38.4 Å². The maximum absolute atomic E-state index is 13.3. The van der Waals surface area contributed by atoms with Crippen molar-refractivity contribution in [3.8, 4) is 5.82 Å². The van der Waals surface area contributed by atoms with Crippen LogP contribution in [0, 0.1) is 0 Å². The molecule has 12 nitrogen and oxygen atoms in total. The molecule has 2 atom stereocenters. The Bertz CT molecular complexity index is 1680. The summed E-state index contributed by atoms with van der Waals surface area (Å²) in [5.74, 6) is -4.99. The van der Waals surface area contributed by atoms with Crippen LogP contribution in [0.1, 0.15) is 33.3 Å². The molecule has 2 aromatic heterocycles. The normalized spacial score (nSPS) is 15.5. The van der Waals surface area contributed by atoms with Crippen molar-refractivity contribution in [1.29, 1.82) is 0 Å². The van der Waals surface area contributed by atoms with E-state index in [1.165, 1.54) is 0 Å². The number of carboxylic acid groups (broad SMARTS) is 1. The fourth-order valence-corrected chi connectivity index (χ4v) is 4.73. The second-order valence-corrected chi connectivity index (χ2v) is 10.4. The van der Waals surface area contributed by atoms with Crippen LogP contribution >= 0.6 is 0 Å². The lowest BCUT2D eigenvalue weighted by Crippen LogP contribution is -2.47. The van der Waals surface area contributed by atoms with Gasteiger partial charge in [-0.15, -0.1) is 0 Å². The number of nitrogens with zero attached hydrogens (tertiary/aromatic N) is 4. The van der Waals surface area contributed by atoms with E-state index >= 15 is 0 Å². The Morgan fingerprint density at radius 3 is 2.30 bits per heavy atom. The van der Waals surface area contributed by atoms with E-state index in [-0.39, 0.29) is 18.1 Å². The van der Waals surface area contributed by atoms with Gasteiger partial charge in [-0.25, -0.2) is 14.5 Å². The monoisotopic (exact) mass is 652 g/mol. The highest BCUT2D eigenvalue weighted by Gasteiger charge is 2.38. The summed E-state index contributed by atoms with van der Waals surface area (Å²) in [6.45, 7) is 2.76. The van der Waals surface area contributed by atoms with Crippen LogP contribution in [0.5, 0.6) is 0 Å². The van der Waals surface area contributed by atoms with Crippen molar-refractivity contribution >= 4 is 23.6 Å². The number of carboxylic acids is 1. The second kappa shape index (κ2) is 15.7. The molecule has 0 aliphatic carbocycles. The van der Waals surface area contributed by atoms with Crippen LogP contribution in [0.4, 0.5) is 13.2 Å². The van der Waals surface area contributed by atoms with Gasteiger partial charge >= 0.3 is 12.1 Å². The van der Waals surface area contributed by atoms with E-state index in [0.29, 0.717) is 19.0 Å². The van der Waals surface area contributed by atoms with Crippen LogP contribution in [0.2, 0.25) is 0 Å². The Hall–Kier alpha value is -5.41. The molecule has 47 heavy (non-hydrogen) atoms. The van der Waals surface area contributed by atoms with E-state index in [2.05, 4.69) is 32.4 Å². The molecule has 1 fully saturated rings. The molecule has 5 rings (SSSR count). The number of Topliss-reactive ketones (excluding diaryl/α,β-unsaturated/α-hetero) is 1. The largest absolute Gasteiger partial charge is 0.490 e. The SMILES string of the molecule is NC(=O)C(=O)C(Cc1ccccc1)NC(=O)c1cccnc1-n1ccc(CN2CCOC(c3ccccc3)C2)n1.O=C(O)C(F)(F)F. The number of nitrogens with two attached hydrogens (primary N) is 1. The molecule has 15 heteroatoms. The summed E-state index contributed by atoms with van der Waals surface area (Å²) < 4.78 is 39.3. The van der Waals surface area contributed by atoms with Crippen LogP contribution in [-0.4, -0.2) is 80.3 Å². The van der Waals surface area contributed by atoms with Crippen molar-refractivity contribution in [2.45, 2.75) is 31.3 Å². The Morgan fingerprint density at radius 1 is 1.00 bits per heavy atom. The highest BCUT2D eigenvalue weighted by molar-refractivity contribution is 6.38. The molecule has 0 saturated carbocycles. The Morgan fingerprint density at radius 2 is 1.66 bits per heavy atom. The number of alkyl halides is 3. The number of halogens is 3. The third-order valence-electron chi connectivity index (χ3n) is 6.99. The smallest absolute Gasteiger partial charge is 0.475 e. The average Bonchev–Trinajstić information content (AvgIpc) is 3.53. The van der Waals surface area contributed by atoms with E-state index in [1.54, 1.807) is 29.2 Å². The second-order valence-electron chi connectivity index (χ2n) is 10.4. The number of carbonyl (C=O) groups is 4.